The van der Waals surface area contributed by atoms with Gasteiger partial charge in [-0.25, -0.2) is 0 Å². The molecule has 0 radical (unpaired) electrons. The molecule has 0 unspecified atom stereocenters. The van der Waals surface area contributed by atoms with Crippen molar-refractivity contribution >= 4 is 6.21 Å². The van der Waals surface area contributed by atoms with E-state index in [0.717, 1.165) is 0 Å². The minimum absolute atomic E-state index is 0.637. The maximum absolute atomic E-state index is 4.07. The van der Waals surface area contributed by atoms with E-state index in [9.17, 15) is 0 Å². The molecular weight excluding hydrogens is 140 g/mol. The highest BCUT2D eigenvalue weighted by Gasteiger charge is 2.00. The van der Waals surface area contributed by atoms with E-state index in [1.165, 1.54) is 0 Å². The van der Waals surface area contributed by atoms with Crippen LogP contribution in [0.25, 0.3) is 0 Å². The fourth-order valence-corrected chi connectivity index (χ4v) is 0.922. The summed E-state index contributed by atoms with van der Waals surface area (Å²) in [4.78, 5) is 5.81. The number of hydrogen-bond acceptors (Lipinski definition) is 3. The van der Waals surface area contributed by atoms with E-state index in [1.807, 2.05) is 29.5 Å². The third kappa shape index (κ3) is 1.14. The third-order valence-electron chi connectivity index (χ3n) is 1.43. The molecule has 1 aliphatic heterocycles. The average Bonchev–Trinajstić information content (AvgIpc) is 2.58. The van der Waals surface area contributed by atoms with Crippen LogP contribution in [0.15, 0.2) is 35.7 Å². The SMILES string of the molecule is C1=CN(n2cccn2)CN=C1. The van der Waals surface area contributed by atoms with Gasteiger partial charge in [0.2, 0.25) is 0 Å². The fourth-order valence-electron chi connectivity index (χ4n) is 0.922. The van der Waals surface area contributed by atoms with Crippen LogP contribution >= 0.6 is 0 Å². The van der Waals surface area contributed by atoms with E-state index in [0.29, 0.717) is 6.67 Å². The highest BCUT2D eigenvalue weighted by atomic mass is 15.7. The van der Waals surface area contributed by atoms with Gasteiger partial charge in [0, 0.05) is 18.6 Å². The number of nitrogens with zero attached hydrogens (tertiary/aromatic N) is 4. The molecule has 0 aliphatic carbocycles. The smallest absolute Gasteiger partial charge is 0.131 e. The van der Waals surface area contributed by atoms with Crippen molar-refractivity contribution in [2.24, 2.45) is 4.99 Å². The molecule has 2 heterocycles. The van der Waals surface area contributed by atoms with Gasteiger partial charge < -0.3 is 0 Å². The minimum Gasteiger partial charge on any atom is -0.270 e. The van der Waals surface area contributed by atoms with Crippen LogP contribution in [0.5, 0.6) is 0 Å². The van der Waals surface area contributed by atoms with E-state index >= 15 is 0 Å². The molecule has 1 aromatic heterocycles. The van der Waals surface area contributed by atoms with E-state index in [2.05, 4.69) is 10.1 Å². The lowest BCUT2D eigenvalue weighted by atomic mass is 10.6. The molecule has 0 saturated carbocycles. The number of rotatable bonds is 1. The van der Waals surface area contributed by atoms with Crippen molar-refractivity contribution in [1.29, 1.82) is 0 Å². The Kier molecular flexibility index (Phi) is 1.44. The number of allylic oxidation sites excluding steroid dienone is 1. The summed E-state index contributed by atoms with van der Waals surface area (Å²) >= 11 is 0. The van der Waals surface area contributed by atoms with Crippen LogP contribution in [-0.4, -0.2) is 22.8 Å². The van der Waals surface area contributed by atoms with Crippen LogP contribution in [0.4, 0.5) is 0 Å². The van der Waals surface area contributed by atoms with Gasteiger partial charge in [0.05, 0.1) is 6.20 Å². The van der Waals surface area contributed by atoms with Gasteiger partial charge >= 0.3 is 0 Å². The highest BCUT2D eigenvalue weighted by molar-refractivity contribution is 5.72. The summed E-state index contributed by atoms with van der Waals surface area (Å²) < 4.78 is 0. The van der Waals surface area contributed by atoms with Crippen molar-refractivity contribution in [1.82, 2.24) is 9.89 Å². The van der Waals surface area contributed by atoms with Gasteiger partial charge in [0.15, 0.2) is 0 Å². The fraction of sp³-hybridized carbons (Fsp3) is 0.143. The Labute approximate surface area is 64.4 Å². The Morgan fingerprint density at radius 2 is 2.36 bits per heavy atom. The molecule has 0 aromatic carbocycles. The second kappa shape index (κ2) is 2.57. The van der Waals surface area contributed by atoms with Crippen LogP contribution in [-0.2, 0) is 0 Å². The standard InChI is InChI=1S/C7H8N4/c1-3-8-7-10(5-1)11-6-2-4-9-11/h1-6H,7H2. The molecule has 0 fully saturated rings. The molecule has 4 nitrogen and oxygen atoms in total. The largest absolute Gasteiger partial charge is 0.270 e. The lowest BCUT2D eigenvalue weighted by Gasteiger charge is -2.18. The maximum Gasteiger partial charge on any atom is 0.131 e. The van der Waals surface area contributed by atoms with Crippen molar-refractivity contribution in [3.05, 3.63) is 30.7 Å². The maximum atomic E-state index is 4.07. The zero-order chi connectivity index (χ0) is 7.52. The first-order chi connectivity index (χ1) is 5.47. The second-order valence-corrected chi connectivity index (χ2v) is 2.18. The molecule has 1 aliphatic rings. The molecule has 0 N–H and O–H groups in total. The van der Waals surface area contributed by atoms with Crippen LogP contribution in [0.3, 0.4) is 0 Å². The molecule has 0 spiro atoms. The molecule has 0 bridgehead atoms. The van der Waals surface area contributed by atoms with Gasteiger partial charge in [0.25, 0.3) is 0 Å². The normalized spacial score (nSPS) is 15.8. The summed E-state index contributed by atoms with van der Waals surface area (Å²) in [7, 11) is 0. The van der Waals surface area contributed by atoms with Gasteiger partial charge in [-0.3, -0.25) is 10.0 Å². The molecule has 11 heavy (non-hydrogen) atoms. The molecule has 0 atom stereocenters. The Bertz CT molecular complexity index is 273. The first kappa shape index (κ1) is 6.15. The minimum atomic E-state index is 0.637. The Morgan fingerprint density at radius 1 is 1.36 bits per heavy atom. The highest BCUT2D eigenvalue weighted by Crippen LogP contribution is 1.94. The molecule has 2 rings (SSSR count). The van der Waals surface area contributed by atoms with Crippen molar-refractivity contribution < 1.29 is 0 Å². The summed E-state index contributed by atoms with van der Waals surface area (Å²) in [6.45, 7) is 0.637. The van der Waals surface area contributed by atoms with Crippen LogP contribution in [0.2, 0.25) is 0 Å². The predicted octanol–water partition coefficient (Wildman–Crippen LogP) is 0.377. The predicted molar refractivity (Wildman–Crippen MR) is 42.9 cm³/mol. The summed E-state index contributed by atoms with van der Waals surface area (Å²) in [6, 6.07) is 1.88. The van der Waals surface area contributed by atoms with Gasteiger partial charge in [-0.1, -0.05) is 0 Å². The van der Waals surface area contributed by atoms with Crippen LogP contribution in [0, 0.1) is 0 Å². The molecule has 0 amide bonds. The zero-order valence-electron chi connectivity index (χ0n) is 5.96. The number of aliphatic imine (C=N–C) groups is 1. The molecule has 1 aromatic rings. The molecule has 0 saturated heterocycles. The average molecular weight is 148 g/mol. The Morgan fingerprint density at radius 3 is 3.00 bits per heavy atom. The van der Waals surface area contributed by atoms with Crippen molar-refractivity contribution in [2.45, 2.75) is 0 Å². The lowest BCUT2D eigenvalue weighted by molar-refractivity contribution is 0.613. The lowest BCUT2D eigenvalue weighted by Crippen LogP contribution is -2.30. The van der Waals surface area contributed by atoms with E-state index in [4.69, 9.17) is 0 Å². The monoisotopic (exact) mass is 148 g/mol. The van der Waals surface area contributed by atoms with Crippen molar-refractivity contribution in [3.63, 3.8) is 0 Å². The van der Waals surface area contributed by atoms with E-state index in [1.54, 1.807) is 17.2 Å². The van der Waals surface area contributed by atoms with Crippen molar-refractivity contribution in [3.8, 4) is 0 Å². The van der Waals surface area contributed by atoms with E-state index in [-0.39, 0.29) is 0 Å². The third-order valence-corrected chi connectivity index (χ3v) is 1.43. The second-order valence-electron chi connectivity index (χ2n) is 2.18. The number of hydrogen-bond donors (Lipinski definition) is 0. The molecule has 4 heteroatoms. The topological polar surface area (TPSA) is 33.4 Å². The van der Waals surface area contributed by atoms with Crippen LogP contribution < -0.4 is 5.01 Å². The first-order valence-corrected chi connectivity index (χ1v) is 3.40. The summed E-state index contributed by atoms with van der Waals surface area (Å²) in [5, 5.41) is 5.96. The van der Waals surface area contributed by atoms with E-state index < -0.39 is 0 Å². The van der Waals surface area contributed by atoms with Gasteiger partial charge in [-0.05, 0) is 12.1 Å². The summed E-state index contributed by atoms with van der Waals surface area (Å²) in [5.74, 6) is 0. The molecular formula is C7H8N4. The number of aromatic nitrogens is 2. The summed E-state index contributed by atoms with van der Waals surface area (Å²) in [5.41, 5.74) is 0. The Hall–Kier alpha value is -1.58. The Balaban J connectivity index is 2.19. The van der Waals surface area contributed by atoms with Crippen molar-refractivity contribution in [2.75, 3.05) is 11.7 Å². The quantitative estimate of drug-likeness (QED) is 0.576. The van der Waals surface area contributed by atoms with Crippen LogP contribution in [0.1, 0.15) is 0 Å². The van der Waals surface area contributed by atoms with Gasteiger partial charge in [-0.15, -0.1) is 0 Å². The van der Waals surface area contributed by atoms with Gasteiger partial charge in [0.1, 0.15) is 6.67 Å². The van der Waals surface area contributed by atoms with Gasteiger partial charge in [-0.2, -0.15) is 9.89 Å². The zero-order valence-corrected chi connectivity index (χ0v) is 5.96. The summed E-state index contributed by atoms with van der Waals surface area (Å²) in [6.07, 6.45) is 9.21. The molecule has 56 valence electrons. The first-order valence-electron chi connectivity index (χ1n) is 3.40.